The van der Waals surface area contributed by atoms with Crippen molar-refractivity contribution < 1.29 is 52.5 Å². The topological polar surface area (TPSA) is 214 Å². The molecule has 2 saturated heterocycles. The normalized spacial score (nSPS) is 36.3. The molecule has 5 rings (SSSR count). The number of nitrogens with two attached hydrogens (primary N) is 1. The minimum Gasteiger partial charge on any atom is -0.457 e. The van der Waals surface area contributed by atoms with Crippen LogP contribution < -0.4 is 5.73 Å². The summed E-state index contributed by atoms with van der Waals surface area (Å²) in [7, 11) is 3.72. The second-order valence-corrected chi connectivity index (χ2v) is 20.3. The van der Waals surface area contributed by atoms with E-state index in [1.54, 1.807) is 32.3 Å². The number of esters is 2. The largest absolute Gasteiger partial charge is 0.457 e. The third kappa shape index (κ3) is 12.1. The number of halogens is 1. The van der Waals surface area contributed by atoms with Crippen LogP contribution in [0.5, 0.6) is 0 Å². The molecular weight excluding hydrogens is 872 g/mol. The Hall–Kier alpha value is -4.23. The molecule has 2 aliphatic heterocycles. The highest BCUT2D eigenvalue weighted by Crippen LogP contribution is 2.47. The van der Waals surface area contributed by atoms with E-state index in [0.29, 0.717) is 48.6 Å². The van der Waals surface area contributed by atoms with Crippen molar-refractivity contribution in [3.63, 3.8) is 0 Å². The molecule has 66 heavy (non-hydrogen) atoms. The zero-order valence-corrected chi connectivity index (χ0v) is 41.5. The number of likely N-dealkylation sites (N-methyl/N-ethyl adjacent to an activating group) is 1. The summed E-state index contributed by atoms with van der Waals surface area (Å²) >= 11 is 1.41. The number of amides is 1. The third-order valence-corrected chi connectivity index (χ3v) is 14.8. The number of hydrogen-bond donors (Lipinski definition) is 2. The van der Waals surface area contributed by atoms with Gasteiger partial charge in [0.1, 0.15) is 22.5 Å². The molecule has 0 unspecified atom stereocenters. The van der Waals surface area contributed by atoms with Crippen molar-refractivity contribution in [2.45, 2.75) is 175 Å². The van der Waals surface area contributed by atoms with Crippen LogP contribution in [0.15, 0.2) is 33.9 Å². The van der Waals surface area contributed by atoms with Crippen molar-refractivity contribution in [2.75, 3.05) is 19.8 Å². The maximum absolute atomic E-state index is 17.2. The quantitative estimate of drug-likeness (QED) is 0.136. The number of pyridine rings is 1. The fraction of sp³-hybridized carbons (Fsp3) is 0.708. The van der Waals surface area contributed by atoms with E-state index in [1.165, 1.54) is 25.2 Å². The number of aliphatic imine (C=N–C) groups is 1. The minimum atomic E-state index is -3.16. The molecule has 1 saturated carbocycles. The van der Waals surface area contributed by atoms with Gasteiger partial charge < -0.3 is 39.5 Å². The summed E-state index contributed by atoms with van der Waals surface area (Å²) in [6, 6.07) is 3.35. The SMILES string of the molecule is CCC(=O)N=C1[C@H](C)C[C@@]2(C)CCC(=NOCc3ccc(-c4nc(N)cs4)cn3)CC[C@H]([C@H]1C)[C@](C)(O)[C@@H](CC)OC(=O)[C@@](C)(F)C(=O)[C@H](C)[C@H]2O[C@@H]1O[C@H](C)C[C@H](N(C)C)[C@H]1OC(C)=O. The first kappa shape index (κ1) is 52.7. The van der Waals surface area contributed by atoms with E-state index in [9.17, 15) is 24.3 Å². The summed E-state index contributed by atoms with van der Waals surface area (Å²) < 4.78 is 42.4. The van der Waals surface area contributed by atoms with Gasteiger partial charge >= 0.3 is 11.9 Å². The van der Waals surface area contributed by atoms with E-state index in [-0.39, 0.29) is 50.3 Å². The Morgan fingerprint density at radius 2 is 1.80 bits per heavy atom. The van der Waals surface area contributed by atoms with Crippen molar-refractivity contribution in [1.29, 1.82) is 0 Å². The molecule has 2 aromatic rings. The molecule has 3 N–H and O–H groups in total. The first-order valence-electron chi connectivity index (χ1n) is 23.2. The van der Waals surface area contributed by atoms with Crippen LogP contribution in [-0.2, 0) is 49.6 Å². The summed E-state index contributed by atoms with van der Waals surface area (Å²) in [5, 5.41) is 19.8. The van der Waals surface area contributed by atoms with E-state index in [2.05, 4.69) is 15.1 Å². The molecule has 0 spiro atoms. The molecule has 2 bridgehead atoms. The lowest BCUT2D eigenvalue weighted by Gasteiger charge is -2.49. The molecule has 3 aliphatic rings. The average Bonchev–Trinajstić information content (AvgIpc) is 3.69. The molecule has 366 valence electrons. The van der Waals surface area contributed by atoms with Crippen LogP contribution in [0.25, 0.3) is 10.6 Å². The monoisotopic (exact) mass is 942 g/mol. The standard InChI is InChI=1S/C48H71FN6O10S/c1-13-36-48(10,60)34-18-17-32(54-61-24-33-16-15-31(23-51-33)43-52-37(50)25-66-43)19-20-46(8,22-26(3)39(28(34)5)53-38(57)14-2)42(29(6)41(58)47(9,49)45(59)64-36)65-44-40(63-30(7)56)35(55(11)12)21-27(4)62-44/h15-16,23,25-29,34-36,40,42,44,60H,13-14,17-22,24,50H2,1-12H3/t26-,27-,28-,29+,34-,35+,36-,40-,42-,44+,46-,47+,48+/m1/s1. The van der Waals surface area contributed by atoms with Crippen LogP contribution in [0.4, 0.5) is 10.2 Å². The molecule has 3 fully saturated rings. The summed E-state index contributed by atoms with van der Waals surface area (Å²) in [6.45, 7) is 16.4. The number of ketones is 1. The second-order valence-electron chi connectivity index (χ2n) is 19.4. The zero-order valence-electron chi connectivity index (χ0n) is 40.7. The number of Topliss-reactive ketones (excluding diaryl/α,β-unsaturated/α-hetero) is 1. The number of aromatic nitrogens is 2. The minimum absolute atomic E-state index is 0.0353. The highest BCUT2D eigenvalue weighted by molar-refractivity contribution is 7.13. The number of carbonyl (C=O) groups excluding carboxylic acids is 4. The summed E-state index contributed by atoms with van der Waals surface area (Å²) in [6.07, 6.45) is -1.16. The number of nitrogens with zero attached hydrogens (tertiary/aromatic N) is 5. The van der Waals surface area contributed by atoms with Crippen LogP contribution in [0, 0.1) is 29.1 Å². The fourth-order valence-corrected chi connectivity index (χ4v) is 11.0. The first-order valence-corrected chi connectivity index (χ1v) is 24.1. The highest BCUT2D eigenvalue weighted by atomic mass is 32.1. The van der Waals surface area contributed by atoms with Crippen LogP contribution >= 0.6 is 11.3 Å². The molecule has 4 heterocycles. The molecule has 0 radical (unpaired) electrons. The maximum atomic E-state index is 17.2. The van der Waals surface area contributed by atoms with E-state index in [0.717, 1.165) is 17.5 Å². The van der Waals surface area contributed by atoms with E-state index >= 15 is 4.39 Å². The van der Waals surface area contributed by atoms with Crippen LogP contribution in [0.1, 0.15) is 126 Å². The molecule has 2 aromatic heterocycles. The molecule has 1 amide bonds. The average molecular weight is 943 g/mol. The van der Waals surface area contributed by atoms with Crippen LogP contribution in [0.3, 0.4) is 0 Å². The lowest BCUT2D eigenvalue weighted by atomic mass is 9.65. The third-order valence-electron chi connectivity index (χ3n) is 13.9. The van der Waals surface area contributed by atoms with Crippen molar-refractivity contribution in [3.8, 4) is 10.6 Å². The Morgan fingerprint density at radius 3 is 2.39 bits per heavy atom. The Bertz CT molecular complexity index is 2090. The number of thiazole rings is 1. The van der Waals surface area contributed by atoms with Gasteiger partial charge in [0.05, 0.1) is 29.7 Å². The fourth-order valence-electron chi connectivity index (χ4n) is 10.3. The molecule has 1 aliphatic carbocycles. The summed E-state index contributed by atoms with van der Waals surface area (Å²) in [5.41, 5.74) is 2.36. The van der Waals surface area contributed by atoms with Crippen LogP contribution in [0.2, 0.25) is 0 Å². The Kier molecular flexibility index (Phi) is 17.4. The first-order chi connectivity index (χ1) is 30.9. The number of ether oxygens (including phenoxy) is 4. The van der Waals surface area contributed by atoms with Gasteiger partial charge in [0.25, 0.3) is 5.67 Å². The van der Waals surface area contributed by atoms with Crippen molar-refractivity contribution in [2.24, 2.45) is 39.2 Å². The predicted octanol–water partition coefficient (Wildman–Crippen LogP) is 7.30. The molecule has 16 nitrogen and oxygen atoms in total. The number of rotatable bonds is 10. The van der Waals surface area contributed by atoms with Gasteiger partial charge in [-0.15, -0.1) is 11.3 Å². The van der Waals surface area contributed by atoms with Gasteiger partial charge in [0, 0.05) is 48.0 Å². The lowest BCUT2D eigenvalue weighted by molar-refractivity contribution is -0.290. The smallest absolute Gasteiger partial charge is 0.351 e. The second kappa shape index (κ2) is 21.8. The van der Waals surface area contributed by atoms with Gasteiger partial charge in [-0.1, -0.05) is 46.7 Å². The number of anilines is 1. The maximum Gasteiger partial charge on any atom is 0.351 e. The number of fused-ring (bicyclic) bond motifs is 5. The highest BCUT2D eigenvalue weighted by Gasteiger charge is 2.56. The summed E-state index contributed by atoms with van der Waals surface area (Å²) in [4.78, 5) is 76.3. The Morgan fingerprint density at radius 1 is 1.09 bits per heavy atom. The Balaban J connectivity index is 1.69. The number of oxime groups is 1. The van der Waals surface area contributed by atoms with Crippen LogP contribution in [-0.4, -0.2) is 117 Å². The number of nitrogen functional groups attached to an aromatic ring is 1. The number of cyclic esters (lactones) is 1. The number of carbonyl (C=O) groups is 4. The molecule has 13 atom stereocenters. The number of alkyl halides is 1. The van der Waals surface area contributed by atoms with Crippen molar-refractivity contribution in [3.05, 3.63) is 29.4 Å². The molecule has 0 aromatic carbocycles. The number of aliphatic hydroxyl groups is 1. The van der Waals surface area contributed by atoms with Crippen molar-refractivity contribution >= 4 is 52.2 Å². The predicted molar refractivity (Wildman–Crippen MR) is 249 cm³/mol. The Labute approximate surface area is 392 Å². The van der Waals surface area contributed by atoms with Crippen molar-refractivity contribution in [1.82, 2.24) is 14.9 Å². The van der Waals surface area contributed by atoms with Gasteiger partial charge in [-0.2, -0.15) is 0 Å². The summed E-state index contributed by atoms with van der Waals surface area (Å²) in [5.74, 6) is -6.09. The zero-order chi connectivity index (χ0) is 48.9. The van der Waals surface area contributed by atoms with Gasteiger partial charge in [-0.05, 0) is 109 Å². The number of hydrogen-bond acceptors (Lipinski definition) is 16. The van der Waals surface area contributed by atoms with Gasteiger partial charge in [0.2, 0.25) is 5.91 Å². The van der Waals surface area contributed by atoms with Gasteiger partial charge in [-0.25, -0.2) is 19.2 Å². The van der Waals surface area contributed by atoms with Gasteiger partial charge in [-0.3, -0.25) is 19.4 Å². The van der Waals surface area contributed by atoms with Gasteiger partial charge in [0.15, 0.2) is 24.8 Å². The lowest BCUT2D eigenvalue weighted by Crippen LogP contribution is -2.60. The van der Waals surface area contributed by atoms with E-state index < -0.39 is 82.7 Å². The molecule has 18 heteroatoms. The van der Waals surface area contributed by atoms with E-state index in [4.69, 9.17) is 34.5 Å². The molecular formula is C48H71FN6O10S. The van der Waals surface area contributed by atoms with E-state index in [1.807, 2.05) is 58.8 Å².